The van der Waals surface area contributed by atoms with Crippen molar-refractivity contribution in [1.29, 1.82) is 5.41 Å². The number of nitrogens with zero attached hydrogens (tertiary/aromatic N) is 2. The summed E-state index contributed by atoms with van der Waals surface area (Å²) in [7, 11) is -2.85. The third-order valence-electron chi connectivity index (χ3n) is 6.96. The molecular formula is C31H34N4O7S. The van der Waals surface area contributed by atoms with Crippen LogP contribution in [0.5, 0.6) is 0 Å². The highest BCUT2D eigenvalue weighted by Crippen LogP contribution is 2.33. The number of hydrogen-bond acceptors (Lipinski definition) is 8. The minimum Gasteiger partial charge on any atom is -0.465 e. The summed E-state index contributed by atoms with van der Waals surface area (Å²) in [6.45, 7) is 1.84. The van der Waals surface area contributed by atoms with Crippen molar-refractivity contribution < 1.29 is 32.3 Å². The first kappa shape index (κ1) is 31.2. The van der Waals surface area contributed by atoms with Gasteiger partial charge < -0.3 is 14.4 Å². The maximum absolute atomic E-state index is 13.6. The number of amidine groups is 1. The lowest BCUT2D eigenvalue weighted by atomic mass is 9.99. The standard InChI is InChI=1S/C31H34N4O7S/c1-3-42-29(37)21-35(43(39,40)26-9-5-4-6-10-26)25-16-17-27-24(20-25)8-7-19-34(27)28(36)18-13-22-11-14-23(15-12-22)30(32)33-31(38)41-2/h4-6,9-12,14-17,20H,3,7-8,13,18-19,21H2,1-2H3,(H2,32,33,38). The third kappa shape index (κ3) is 7.58. The zero-order chi connectivity index (χ0) is 31.0. The predicted octanol–water partition coefficient (Wildman–Crippen LogP) is 4.04. The van der Waals surface area contributed by atoms with E-state index in [0.29, 0.717) is 42.7 Å². The number of sulfonamides is 1. The highest BCUT2D eigenvalue weighted by molar-refractivity contribution is 7.92. The number of benzene rings is 3. The Morgan fingerprint density at radius 2 is 1.74 bits per heavy atom. The number of alkyl carbamates (subject to hydrolysis) is 1. The van der Waals surface area contributed by atoms with E-state index in [9.17, 15) is 22.8 Å². The minimum atomic E-state index is -4.07. The van der Waals surface area contributed by atoms with Gasteiger partial charge in [0.25, 0.3) is 10.0 Å². The molecule has 0 fully saturated rings. The zero-order valence-electron chi connectivity index (χ0n) is 24.0. The molecule has 3 aromatic carbocycles. The highest BCUT2D eigenvalue weighted by atomic mass is 32.2. The predicted molar refractivity (Wildman–Crippen MR) is 162 cm³/mol. The summed E-state index contributed by atoms with van der Waals surface area (Å²) in [4.78, 5) is 38.8. The molecule has 1 aliphatic rings. The van der Waals surface area contributed by atoms with Gasteiger partial charge in [0.05, 0.1) is 24.3 Å². The summed E-state index contributed by atoms with van der Waals surface area (Å²) in [5, 5.41) is 10.3. The molecule has 11 nitrogen and oxygen atoms in total. The summed E-state index contributed by atoms with van der Waals surface area (Å²) in [5.41, 5.74) is 3.25. The normalized spacial score (nSPS) is 12.6. The van der Waals surface area contributed by atoms with E-state index in [1.807, 2.05) is 0 Å². The second kappa shape index (κ2) is 14.0. The van der Waals surface area contributed by atoms with Crippen LogP contribution in [0.3, 0.4) is 0 Å². The van der Waals surface area contributed by atoms with E-state index in [1.54, 1.807) is 72.5 Å². The van der Waals surface area contributed by atoms with Gasteiger partial charge in [-0.2, -0.15) is 0 Å². The number of aryl methyl sites for hydroxylation is 2. The highest BCUT2D eigenvalue weighted by Gasteiger charge is 2.30. The van der Waals surface area contributed by atoms with Crippen molar-refractivity contribution in [3.8, 4) is 0 Å². The van der Waals surface area contributed by atoms with Crippen LogP contribution in [-0.4, -0.2) is 59.0 Å². The number of hydrogen-bond donors (Lipinski definition) is 2. The van der Waals surface area contributed by atoms with E-state index < -0.39 is 28.6 Å². The number of amides is 2. The lowest BCUT2D eigenvalue weighted by Gasteiger charge is -2.31. The van der Waals surface area contributed by atoms with Gasteiger partial charge in [0.15, 0.2) is 0 Å². The molecule has 0 aliphatic carbocycles. The summed E-state index contributed by atoms with van der Waals surface area (Å²) in [6, 6.07) is 20.0. The van der Waals surface area contributed by atoms with Gasteiger partial charge in [-0.05, 0) is 67.6 Å². The SMILES string of the molecule is CCOC(=O)CN(c1ccc2c(c1)CCCN2C(=O)CCc1ccc(C(=N)NC(=O)OC)cc1)S(=O)(=O)c1ccccc1. The first-order valence-corrected chi connectivity index (χ1v) is 15.3. The average molecular weight is 607 g/mol. The van der Waals surface area contributed by atoms with E-state index in [0.717, 1.165) is 15.4 Å². The molecule has 3 aromatic rings. The molecule has 1 aliphatic heterocycles. The van der Waals surface area contributed by atoms with Gasteiger partial charge in [-0.1, -0.05) is 42.5 Å². The summed E-state index contributed by atoms with van der Waals surface area (Å²) < 4.78 is 37.8. The van der Waals surface area contributed by atoms with E-state index in [4.69, 9.17) is 10.1 Å². The topological polar surface area (TPSA) is 146 Å². The van der Waals surface area contributed by atoms with E-state index in [2.05, 4.69) is 10.1 Å². The van der Waals surface area contributed by atoms with Gasteiger partial charge in [0.2, 0.25) is 5.91 Å². The summed E-state index contributed by atoms with van der Waals surface area (Å²) in [5.74, 6) is -0.824. The Bertz CT molecular complexity index is 1590. The Balaban J connectivity index is 1.50. The van der Waals surface area contributed by atoms with Crippen molar-refractivity contribution in [3.63, 3.8) is 0 Å². The average Bonchev–Trinajstić information content (AvgIpc) is 3.02. The van der Waals surface area contributed by atoms with Crippen LogP contribution in [0.4, 0.5) is 16.2 Å². The molecule has 2 amide bonds. The lowest BCUT2D eigenvalue weighted by Crippen LogP contribution is -2.38. The van der Waals surface area contributed by atoms with Gasteiger partial charge in [-0.3, -0.25) is 24.6 Å². The summed E-state index contributed by atoms with van der Waals surface area (Å²) >= 11 is 0. The molecule has 0 radical (unpaired) electrons. The van der Waals surface area contributed by atoms with Crippen LogP contribution in [0.15, 0.2) is 77.7 Å². The van der Waals surface area contributed by atoms with Crippen molar-refractivity contribution >= 4 is 45.2 Å². The number of anilines is 2. The number of carbonyl (C=O) groups is 3. The second-order valence-corrected chi connectivity index (χ2v) is 11.6. The van der Waals surface area contributed by atoms with Gasteiger partial charge in [-0.25, -0.2) is 13.2 Å². The number of fused-ring (bicyclic) bond motifs is 1. The van der Waals surface area contributed by atoms with Crippen LogP contribution in [0.25, 0.3) is 0 Å². The van der Waals surface area contributed by atoms with Gasteiger partial charge in [0, 0.05) is 24.2 Å². The molecule has 0 unspecified atom stereocenters. The van der Waals surface area contributed by atoms with Crippen LogP contribution in [-0.2, 0) is 41.9 Å². The molecule has 0 spiro atoms. The zero-order valence-corrected chi connectivity index (χ0v) is 24.9. The number of nitrogens with one attached hydrogen (secondary N) is 2. The first-order chi connectivity index (χ1) is 20.6. The molecule has 0 saturated carbocycles. The lowest BCUT2D eigenvalue weighted by molar-refractivity contribution is -0.141. The fourth-order valence-electron chi connectivity index (χ4n) is 4.81. The smallest absolute Gasteiger partial charge is 0.412 e. The van der Waals surface area contributed by atoms with Gasteiger partial charge >= 0.3 is 12.1 Å². The first-order valence-electron chi connectivity index (χ1n) is 13.8. The molecular weight excluding hydrogens is 572 g/mol. The Morgan fingerprint density at radius 3 is 2.42 bits per heavy atom. The number of ether oxygens (including phenoxy) is 2. The van der Waals surface area contributed by atoms with E-state index >= 15 is 0 Å². The Morgan fingerprint density at radius 1 is 1.02 bits per heavy atom. The molecule has 1 heterocycles. The van der Waals surface area contributed by atoms with Gasteiger partial charge in [-0.15, -0.1) is 0 Å². The largest absolute Gasteiger partial charge is 0.465 e. The molecule has 43 heavy (non-hydrogen) atoms. The Labute approximate surface area is 251 Å². The van der Waals surface area contributed by atoms with Crippen LogP contribution < -0.4 is 14.5 Å². The van der Waals surface area contributed by atoms with Crippen molar-refractivity contribution in [2.45, 2.75) is 37.5 Å². The summed E-state index contributed by atoms with van der Waals surface area (Å²) in [6.07, 6.45) is 1.35. The second-order valence-electron chi connectivity index (χ2n) is 9.78. The van der Waals surface area contributed by atoms with Crippen LogP contribution >= 0.6 is 0 Å². The molecule has 12 heteroatoms. The molecule has 0 saturated heterocycles. The van der Waals surface area contributed by atoms with Gasteiger partial charge in [0.1, 0.15) is 12.4 Å². The van der Waals surface area contributed by atoms with Crippen LogP contribution in [0.1, 0.15) is 36.5 Å². The molecule has 0 atom stereocenters. The minimum absolute atomic E-state index is 0.0541. The van der Waals surface area contributed by atoms with Crippen molar-refractivity contribution in [3.05, 3.63) is 89.5 Å². The fraction of sp³-hybridized carbons (Fsp3) is 0.290. The molecule has 4 rings (SSSR count). The Kier molecular flexibility index (Phi) is 10.1. The molecule has 0 bridgehead atoms. The number of rotatable bonds is 10. The number of esters is 1. The van der Waals surface area contributed by atoms with E-state index in [-0.39, 0.29) is 29.7 Å². The quantitative estimate of drug-likeness (QED) is 0.201. The van der Waals surface area contributed by atoms with E-state index in [1.165, 1.54) is 19.2 Å². The Hall–Kier alpha value is -4.71. The molecule has 226 valence electrons. The van der Waals surface area contributed by atoms with Crippen molar-refractivity contribution in [2.24, 2.45) is 0 Å². The van der Waals surface area contributed by atoms with Crippen molar-refractivity contribution in [1.82, 2.24) is 5.32 Å². The number of carbonyl (C=O) groups excluding carboxylic acids is 3. The van der Waals surface area contributed by atoms with Crippen molar-refractivity contribution in [2.75, 3.05) is 36.0 Å². The third-order valence-corrected chi connectivity index (χ3v) is 8.75. The molecule has 2 N–H and O–H groups in total. The fourth-order valence-corrected chi connectivity index (χ4v) is 6.23. The maximum Gasteiger partial charge on any atom is 0.412 e. The molecule has 0 aromatic heterocycles. The monoisotopic (exact) mass is 606 g/mol. The number of methoxy groups -OCH3 is 1. The maximum atomic E-state index is 13.6. The van der Waals surface area contributed by atoms with Crippen LogP contribution in [0.2, 0.25) is 0 Å². The van der Waals surface area contributed by atoms with Crippen LogP contribution in [0, 0.1) is 5.41 Å².